The summed E-state index contributed by atoms with van der Waals surface area (Å²) in [6, 6.07) is -4.67. The number of nitrogens with two attached hydrogens (primary N) is 1. The molecule has 0 aliphatic heterocycles. The van der Waals surface area contributed by atoms with Crippen LogP contribution in [0.15, 0.2) is 12.5 Å². The summed E-state index contributed by atoms with van der Waals surface area (Å²) in [6.45, 7) is -0.771. The minimum absolute atomic E-state index is 0.0160. The molecule has 0 saturated carbocycles. The Kier molecular flexibility index (Phi) is 12.0. The summed E-state index contributed by atoms with van der Waals surface area (Å²) in [5.41, 5.74) is 6.17. The molecule has 4 atom stereocenters. The molecule has 0 aliphatic carbocycles. The number of H-pyrrole nitrogens is 1. The van der Waals surface area contributed by atoms with Crippen molar-refractivity contribution in [2.45, 2.75) is 37.0 Å². The number of nitrogens with zero attached hydrogens (tertiary/aromatic N) is 1. The zero-order valence-corrected chi connectivity index (χ0v) is 18.6. The molecule has 0 spiro atoms. The van der Waals surface area contributed by atoms with Crippen molar-refractivity contribution in [3.8, 4) is 0 Å². The molecule has 4 unspecified atom stereocenters. The standard InChI is InChI=1S/C17H28N6O6S2/c1-31-3-2-11(17(28)29)21-16(27)13(6-24)23-15(26)12(4-9-5-19-8-20-9)22-14(25)10(18)7-30/h5,8,10-13,24,30H,2-4,6-7,18H2,1H3,(H,19,20)(H,21,27)(H,22,25)(H,23,26)(H,28,29). The van der Waals surface area contributed by atoms with Crippen molar-refractivity contribution in [3.05, 3.63) is 18.2 Å². The number of carboxylic acid groups (broad SMARTS) is 1. The molecule has 1 rings (SSSR count). The zero-order chi connectivity index (χ0) is 23.4. The van der Waals surface area contributed by atoms with Crippen molar-refractivity contribution in [1.82, 2.24) is 25.9 Å². The molecule has 0 fully saturated rings. The highest BCUT2D eigenvalue weighted by Gasteiger charge is 2.30. The van der Waals surface area contributed by atoms with Gasteiger partial charge in [0.15, 0.2) is 0 Å². The van der Waals surface area contributed by atoms with Gasteiger partial charge in [0, 0.05) is 24.1 Å². The lowest BCUT2D eigenvalue weighted by atomic mass is 10.1. The van der Waals surface area contributed by atoms with E-state index in [4.69, 9.17) is 5.73 Å². The quantitative estimate of drug-likeness (QED) is 0.134. The van der Waals surface area contributed by atoms with E-state index in [1.165, 1.54) is 24.3 Å². The Morgan fingerprint density at radius 1 is 1.16 bits per heavy atom. The molecule has 0 bridgehead atoms. The van der Waals surface area contributed by atoms with Gasteiger partial charge in [0.1, 0.15) is 18.1 Å². The summed E-state index contributed by atoms with van der Waals surface area (Å²) in [6.07, 6.45) is 4.85. The average Bonchev–Trinajstić information content (AvgIpc) is 3.26. The Bertz CT molecular complexity index is 735. The summed E-state index contributed by atoms with van der Waals surface area (Å²) in [5.74, 6) is -2.92. The summed E-state index contributed by atoms with van der Waals surface area (Å²) >= 11 is 5.37. The number of thiol groups is 1. The minimum Gasteiger partial charge on any atom is -0.480 e. The number of hydrogen-bond acceptors (Lipinski definition) is 9. The topological polar surface area (TPSA) is 200 Å². The minimum atomic E-state index is -1.41. The van der Waals surface area contributed by atoms with Gasteiger partial charge in [-0.05, 0) is 18.4 Å². The van der Waals surface area contributed by atoms with E-state index in [-0.39, 0.29) is 18.6 Å². The first-order valence-electron chi connectivity index (χ1n) is 9.30. The van der Waals surface area contributed by atoms with E-state index in [2.05, 4.69) is 38.5 Å². The van der Waals surface area contributed by atoms with Crippen LogP contribution in [0.2, 0.25) is 0 Å². The molecule has 1 aromatic heterocycles. The first kappa shape index (κ1) is 26.7. The van der Waals surface area contributed by atoms with E-state index in [1.54, 1.807) is 6.26 Å². The molecule has 174 valence electrons. The summed E-state index contributed by atoms with van der Waals surface area (Å²) in [4.78, 5) is 55.3. The molecule has 0 saturated heterocycles. The van der Waals surface area contributed by atoms with Crippen LogP contribution in [0.4, 0.5) is 0 Å². The van der Waals surface area contributed by atoms with Crippen LogP contribution < -0.4 is 21.7 Å². The smallest absolute Gasteiger partial charge is 0.326 e. The van der Waals surface area contributed by atoms with Crippen molar-refractivity contribution in [2.75, 3.05) is 24.4 Å². The van der Waals surface area contributed by atoms with Gasteiger partial charge in [-0.1, -0.05) is 0 Å². The zero-order valence-electron chi connectivity index (χ0n) is 16.9. The second-order valence-electron chi connectivity index (χ2n) is 6.56. The number of carbonyl (C=O) groups is 4. The van der Waals surface area contributed by atoms with Gasteiger partial charge in [0.25, 0.3) is 0 Å². The maximum Gasteiger partial charge on any atom is 0.326 e. The highest BCUT2D eigenvalue weighted by Crippen LogP contribution is 2.03. The van der Waals surface area contributed by atoms with Crippen molar-refractivity contribution < 1.29 is 29.4 Å². The Morgan fingerprint density at radius 3 is 2.29 bits per heavy atom. The first-order chi connectivity index (χ1) is 14.7. The van der Waals surface area contributed by atoms with Gasteiger partial charge < -0.3 is 36.9 Å². The second kappa shape index (κ2) is 13.9. The molecular formula is C17H28N6O6S2. The van der Waals surface area contributed by atoms with Gasteiger partial charge in [-0.2, -0.15) is 24.4 Å². The van der Waals surface area contributed by atoms with E-state index < -0.39 is 54.5 Å². The number of aliphatic hydroxyl groups excluding tert-OH is 1. The van der Waals surface area contributed by atoms with Crippen LogP contribution in [0.3, 0.4) is 0 Å². The van der Waals surface area contributed by atoms with E-state index in [0.717, 1.165) is 0 Å². The Labute approximate surface area is 188 Å². The number of nitrogens with one attached hydrogen (secondary N) is 4. The normalized spacial score (nSPS) is 14.7. The van der Waals surface area contributed by atoms with E-state index in [0.29, 0.717) is 11.4 Å². The Balaban J connectivity index is 2.87. The number of amides is 3. The number of carboxylic acids is 1. The highest BCUT2D eigenvalue weighted by atomic mass is 32.2. The molecule has 3 amide bonds. The molecule has 31 heavy (non-hydrogen) atoms. The van der Waals surface area contributed by atoms with Gasteiger partial charge in [0.05, 0.1) is 19.0 Å². The lowest BCUT2D eigenvalue weighted by Gasteiger charge is -2.24. The van der Waals surface area contributed by atoms with Gasteiger partial charge >= 0.3 is 5.97 Å². The number of thioether (sulfide) groups is 1. The van der Waals surface area contributed by atoms with Crippen molar-refractivity contribution in [1.29, 1.82) is 0 Å². The van der Waals surface area contributed by atoms with E-state index in [1.807, 2.05) is 0 Å². The molecule has 0 radical (unpaired) electrons. The van der Waals surface area contributed by atoms with Crippen LogP contribution in [0.5, 0.6) is 0 Å². The fourth-order valence-corrected chi connectivity index (χ4v) is 3.06. The number of aliphatic hydroxyl groups is 1. The number of aromatic amines is 1. The van der Waals surface area contributed by atoms with Crippen molar-refractivity contribution in [3.63, 3.8) is 0 Å². The average molecular weight is 477 g/mol. The lowest BCUT2D eigenvalue weighted by molar-refractivity contribution is -0.142. The number of rotatable bonds is 14. The highest BCUT2D eigenvalue weighted by molar-refractivity contribution is 7.98. The van der Waals surface area contributed by atoms with Crippen LogP contribution >= 0.6 is 24.4 Å². The lowest BCUT2D eigenvalue weighted by Crippen LogP contribution is -2.58. The molecular weight excluding hydrogens is 448 g/mol. The largest absolute Gasteiger partial charge is 0.480 e. The molecule has 0 aliphatic rings. The van der Waals surface area contributed by atoms with Crippen LogP contribution in [-0.4, -0.2) is 92.4 Å². The van der Waals surface area contributed by atoms with Crippen molar-refractivity contribution in [2.24, 2.45) is 5.73 Å². The molecule has 12 nitrogen and oxygen atoms in total. The van der Waals surface area contributed by atoms with Gasteiger partial charge in [-0.25, -0.2) is 9.78 Å². The number of carbonyl (C=O) groups excluding carboxylic acids is 3. The molecule has 14 heteroatoms. The maximum atomic E-state index is 12.8. The number of hydrogen-bond donors (Lipinski definition) is 8. The third-order valence-electron chi connectivity index (χ3n) is 4.19. The fourth-order valence-electron chi connectivity index (χ4n) is 2.42. The maximum absolute atomic E-state index is 12.8. The molecule has 1 aromatic rings. The van der Waals surface area contributed by atoms with Gasteiger partial charge in [0.2, 0.25) is 17.7 Å². The number of imidazole rings is 1. The SMILES string of the molecule is CSCCC(NC(=O)C(CO)NC(=O)C(Cc1cnc[nH]1)NC(=O)C(N)CS)C(=O)O. The van der Waals surface area contributed by atoms with E-state index in [9.17, 15) is 29.4 Å². The molecule has 1 heterocycles. The molecule has 8 N–H and O–H groups in total. The van der Waals surface area contributed by atoms with Crippen LogP contribution in [0.1, 0.15) is 12.1 Å². The number of aromatic nitrogens is 2. The predicted molar refractivity (Wildman–Crippen MR) is 118 cm³/mol. The predicted octanol–water partition coefficient (Wildman–Crippen LogP) is -2.51. The van der Waals surface area contributed by atoms with Crippen molar-refractivity contribution >= 4 is 48.1 Å². The van der Waals surface area contributed by atoms with Crippen LogP contribution in [-0.2, 0) is 25.6 Å². The first-order valence-corrected chi connectivity index (χ1v) is 11.3. The third kappa shape index (κ3) is 9.16. The molecule has 0 aromatic carbocycles. The second-order valence-corrected chi connectivity index (χ2v) is 7.91. The number of aliphatic carboxylic acids is 1. The van der Waals surface area contributed by atoms with E-state index >= 15 is 0 Å². The third-order valence-corrected chi connectivity index (χ3v) is 5.22. The van der Waals surface area contributed by atoms with Gasteiger partial charge in [-0.3, -0.25) is 14.4 Å². The monoisotopic (exact) mass is 476 g/mol. The van der Waals surface area contributed by atoms with Crippen LogP contribution in [0.25, 0.3) is 0 Å². The summed E-state index contributed by atoms with van der Waals surface area (Å²) in [5, 5.41) is 25.9. The van der Waals surface area contributed by atoms with Gasteiger partial charge in [-0.15, -0.1) is 0 Å². The Hall–Kier alpha value is -2.29. The summed E-state index contributed by atoms with van der Waals surface area (Å²) in [7, 11) is 0. The Morgan fingerprint density at radius 2 is 1.77 bits per heavy atom. The fraction of sp³-hybridized carbons (Fsp3) is 0.588. The summed E-state index contributed by atoms with van der Waals surface area (Å²) < 4.78 is 0. The van der Waals surface area contributed by atoms with Crippen LogP contribution in [0, 0.1) is 0 Å².